The Hall–Kier alpha value is -2.27. The number of fused-ring (bicyclic) bond motifs is 1. The predicted molar refractivity (Wildman–Crippen MR) is 115 cm³/mol. The molecule has 0 aliphatic carbocycles. The minimum atomic E-state index is -3.73. The Morgan fingerprint density at radius 2 is 1.86 bits per heavy atom. The Morgan fingerprint density at radius 3 is 2.55 bits per heavy atom. The lowest BCUT2D eigenvalue weighted by atomic mass is 10.1. The van der Waals surface area contributed by atoms with Crippen LogP contribution in [0.5, 0.6) is 5.75 Å². The van der Waals surface area contributed by atoms with E-state index in [9.17, 15) is 8.42 Å². The molecule has 0 bridgehead atoms. The zero-order valence-corrected chi connectivity index (χ0v) is 17.8. The molecule has 0 amide bonds. The number of rotatable bonds is 5. The number of sulfonamides is 1. The lowest BCUT2D eigenvalue weighted by Gasteiger charge is -2.24. The second-order valence-corrected chi connectivity index (χ2v) is 9.19. The van der Waals surface area contributed by atoms with Crippen LogP contribution >= 0.6 is 15.9 Å². The van der Waals surface area contributed by atoms with Crippen LogP contribution in [0, 0.1) is 0 Å². The minimum Gasteiger partial charge on any atom is -0.487 e. The van der Waals surface area contributed by atoms with Gasteiger partial charge in [0.1, 0.15) is 11.6 Å². The van der Waals surface area contributed by atoms with E-state index in [0.29, 0.717) is 22.9 Å². The largest absolute Gasteiger partial charge is 0.487 e. The molecule has 4 N–H and O–H groups in total. The van der Waals surface area contributed by atoms with Gasteiger partial charge >= 0.3 is 0 Å². The zero-order valence-electron chi connectivity index (χ0n) is 15.4. The van der Waals surface area contributed by atoms with Gasteiger partial charge in [0.25, 0.3) is 0 Å². The molecule has 8 nitrogen and oxygen atoms in total. The molecular weight excluding hydrogens is 458 g/mol. The maximum atomic E-state index is 11.4. The van der Waals surface area contributed by atoms with E-state index in [4.69, 9.17) is 9.88 Å². The lowest BCUT2D eigenvalue weighted by Crippen LogP contribution is -2.34. The first-order valence-corrected chi connectivity index (χ1v) is 11.5. The third-order valence-electron chi connectivity index (χ3n) is 4.67. The fourth-order valence-corrected chi connectivity index (χ4v) is 4.08. The van der Waals surface area contributed by atoms with E-state index in [1.54, 1.807) is 18.3 Å². The molecule has 2 heterocycles. The summed E-state index contributed by atoms with van der Waals surface area (Å²) in [6, 6.07) is 9.95. The molecule has 10 heteroatoms. The number of ether oxygens (including phenoxy) is 1. The van der Waals surface area contributed by atoms with E-state index < -0.39 is 10.0 Å². The van der Waals surface area contributed by atoms with E-state index in [-0.39, 0.29) is 11.0 Å². The number of hydrogen-bond donors (Lipinski definition) is 3. The molecule has 1 fully saturated rings. The van der Waals surface area contributed by atoms with Gasteiger partial charge in [0.2, 0.25) is 16.0 Å². The van der Waals surface area contributed by atoms with Crippen LogP contribution in [0.4, 0.5) is 11.6 Å². The average molecular weight is 478 g/mol. The van der Waals surface area contributed by atoms with Crippen LogP contribution in [0.1, 0.15) is 12.8 Å². The third-order valence-corrected chi connectivity index (χ3v) is 6.22. The van der Waals surface area contributed by atoms with E-state index in [1.807, 2.05) is 12.1 Å². The summed E-state index contributed by atoms with van der Waals surface area (Å²) in [5.74, 6) is 1.08. The molecule has 2 aromatic carbocycles. The van der Waals surface area contributed by atoms with Crippen LogP contribution in [0.15, 0.2) is 52.0 Å². The highest BCUT2D eigenvalue weighted by Gasteiger charge is 2.19. The molecule has 3 aromatic rings. The van der Waals surface area contributed by atoms with Crippen molar-refractivity contribution in [1.29, 1.82) is 0 Å². The Morgan fingerprint density at radius 1 is 1.14 bits per heavy atom. The maximum Gasteiger partial charge on any atom is 0.238 e. The van der Waals surface area contributed by atoms with Gasteiger partial charge in [0.15, 0.2) is 5.75 Å². The highest BCUT2D eigenvalue weighted by atomic mass is 79.9. The Labute approximate surface area is 177 Å². The van der Waals surface area contributed by atoms with Gasteiger partial charge in [-0.05, 0) is 78.3 Å². The van der Waals surface area contributed by atoms with Gasteiger partial charge in [-0.2, -0.15) is 0 Å². The predicted octanol–water partition coefficient (Wildman–Crippen LogP) is 2.91. The molecule has 0 saturated carbocycles. The number of primary sulfonamides is 1. The lowest BCUT2D eigenvalue weighted by molar-refractivity contribution is 0.163. The summed E-state index contributed by atoms with van der Waals surface area (Å²) in [6.07, 6.45) is 3.74. The Kier molecular flexibility index (Phi) is 5.68. The number of piperidine rings is 1. The Balaban J connectivity index is 1.63. The topological polar surface area (TPSA) is 119 Å². The zero-order chi connectivity index (χ0) is 20.4. The molecule has 152 valence electrons. The van der Waals surface area contributed by atoms with Crippen LogP contribution in [0.2, 0.25) is 0 Å². The van der Waals surface area contributed by atoms with Gasteiger partial charge in [-0.15, -0.1) is 0 Å². The first kappa shape index (κ1) is 20.0. The second kappa shape index (κ2) is 8.23. The molecule has 0 unspecified atom stereocenters. The van der Waals surface area contributed by atoms with Crippen LogP contribution in [-0.4, -0.2) is 37.6 Å². The van der Waals surface area contributed by atoms with Gasteiger partial charge in [0, 0.05) is 17.3 Å². The second-order valence-electron chi connectivity index (χ2n) is 6.77. The van der Waals surface area contributed by atoms with Crippen molar-refractivity contribution in [3.63, 3.8) is 0 Å². The number of aromatic nitrogens is 2. The summed E-state index contributed by atoms with van der Waals surface area (Å²) in [7, 11) is -3.73. The average Bonchev–Trinajstić information content (AvgIpc) is 2.71. The fourth-order valence-electron chi connectivity index (χ4n) is 3.16. The van der Waals surface area contributed by atoms with Gasteiger partial charge in [-0.3, -0.25) is 0 Å². The standard InChI is InChI=1S/C19H20BrN5O3S/c20-16-6-1-12-11-23-19(24-13-2-4-15(5-3-13)29(21,26)27)25-17(12)18(16)28-14-7-9-22-10-8-14/h1-6,11,14,22H,7-10H2,(H2,21,26,27)(H,23,24,25). The summed E-state index contributed by atoms with van der Waals surface area (Å²) >= 11 is 3.57. The maximum absolute atomic E-state index is 11.4. The van der Waals surface area contributed by atoms with Gasteiger partial charge in [-0.25, -0.2) is 23.5 Å². The van der Waals surface area contributed by atoms with Crippen molar-refractivity contribution in [3.8, 4) is 5.75 Å². The SMILES string of the molecule is NS(=O)(=O)c1ccc(Nc2ncc3ccc(Br)c(OC4CCNCC4)c3n2)cc1. The molecule has 0 spiro atoms. The first-order chi connectivity index (χ1) is 13.9. The van der Waals surface area contributed by atoms with Gasteiger partial charge < -0.3 is 15.4 Å². The third kappa shape index (κ3) is 4.67. The normalized spacial score (nSPS) is 15.4. The number of halogens is 1. The van der Waals surface area contributed by atoms with Crippen LogP contribution in [0.25, 0.3) is 10.9 Å². The van der Waals surface area contributed by atoms with E-state index in [0.717, 1.165) is 35.8 Å². The quantitative estimate of drug-likeness (QED) is 0.516. The molecule has 0 atom stereocenters. The molecular formula is C19H20BrN5O3S. The molecule has 29 heavy (non-hydrogen) atoms. The molecule has 1 aliphatic heterocycles. The van der Waals surface area contributed by atoms with Crippen molar-refractivity contribution < 1.29 is 13.2 Å². The highest BCUT2D eigenvalue weighted by Crippen LogP contribution is 2.34. The van der Waals surface area contributed by atoms with E-state index in [2.05, 4.69) is 36.5 Å². The minimum absolute atomic E-state index is 0.0454. The van der Waals surface area contributed by atoms with Gasteiger partial charge in [-0.1, -0.05) is 0 Å². The van der Waals surface area contributed by atoms with E-state index in [1.165, 1.54) is 12.1 Å². The number of hydrogen-bond acceptors (Lipinski definition) is 7. The molecule has 0 radical (unpaired) electrons. The molecule has 4 rings (SSSR count). The highest BCUT2D eigenvalue weighted by molar-refractivity contribution is 9.10. The van der Waals surface area contributed by atoms with Crippen molar-refractivity contribution in [2.45, 2.75) is 23.8 Å². The molecule has 1 aromatic heterocycles. The molecule has 1 saturated heterocycles. The van der Waals surface area contributed by atoms with E-state index >= 15 is 0 Å². The monoisotopic (exact) mass is 477 g/mol. The summed E-state index contributed by atoms with van der Waals surface area (Å²) < 4.78 is 29.9. The van der Waals surface area contributed by atoms with Crippen molar-refractivity contribution in [1.82, 2.24) is 15.3 Å². The number of nitrogens with two attached hydrogens (primary N) is 1. The van der Waals surface area contributed by atoms with Crippen LogP contribution < -0.4 is 20.5 Å². The summed E-state index contributed by atoms with van der Waals surface area (Å²) in [5, 5.41) is 12.4. The fraction of sp³-hybridized carbons (Fsp3) is 0.263. The first-order valence-electron chi connectivity index (χ1n) is 9.13. The van der Waals surface area contributed by atoms with Gasteiger partial charge in [0.05, 0.1) is 9.37 Å². The van der Waals surface area contributed by atoms with Crippen LogP contribution in [0.3, 0.4) is 0 Å². The van der Waals surface area contributed by atoms with Crippen molar-refractivity contribution in [2.24, 2.45) is 5.14 Å². The molecule has 1 aliphatic rings. The number of nitrogens with zero attached hydrogens (tertiary/aromatic N) is 2. The summed E-state index contributed by atoms with van der Waals surface area (Å²) in [5.41, 5.74) is 1.35. The van der Waals surface area contributed by atoms with Crippen molar-refractivity contribution in [2.75, 3.05) is 18.4 Å². The number of nitrogens with one attached hydrogen (secondary N) is 2. The number of benzene rings is 2. The number of anilines is 2. The van der Waals surface area contributed by atoms with Crippen LogP contribution in [-0.2, 0) is 10.0 Å². The summed E-state index contributed by atoms with van der Waals surface area (Å²) in [4.78, 5) is 9.02. The van der Waals surface area contributed by atoms with Crippen molar-refractivity contribution >= 4 is 48.5 Å². The van der Waals surface area contributed by atoms with Crippen molar-refractivity contribution in [3.05, 3.63) is 47.1 Å². The smallest absolute Gasteiger partial charge is 0.238 e. The summed E-state index contributed by atoms with van der Waals surface area (Å²) in [6.45, 7) is 1.87. The Bertz CT molecular complexity index is 1130.